The van der Waals surface area contributed by atoms with E-state index in [0.717, 1.165) is 18.0 Å². The Hall–Kier alpha value is -1.22. The van der Waals surface area contributed by atoms with Crippen molar-refractivity contribution >= 4 is 5.69 Å². The number of nitrogen functional groups attached to an aromatic ring is 1. The topological polar surface area (TPSA) is 38.5 Å². The van der Waals surface area contributed by atoms with E-state index < -0.39 is 0 Å². The lowest BCUT2D eigenvalue weighted by Crippen LogP contribution is -2.30. The van der Waals surface area contributed by atoms with Gasteiger partial charge in [-0.05, 0) is 26.0 Å². The van der Waals surface area contributed by atoms with Crippen molar-refractivity contribution in [2.24, 2.45) is 0 Å². The molecule has 2 rings (SSSR count). The fourth-order valence-electron chi connectivity index (χ4n) is 2.99. The van der Waals surface area contributed by atoms with Crippen LogP contribution in [0.4, 0.5) is 5.69 Å². The number of hydrogen-bond donors (Lipinski definition) is 1. The Bertz CT molecular complexity index is 398. The van der Waals surface area contributed by atoms with E-state index in [-0.39, 0.29) is 0 Å². The van der Waals surface area contributed by atoms with Gasteiger partial charge in [-0.2, -0.15) is 0 Å². The largest absolute Gasteiger partial charge is 0.496 e. The Labute approximate surface area is 116 Å². The summed E-state index contributed by atoms with van der Waals surface area (Å²) in [7, 11) is 3.94. The maximum absolute atomic E-state index is 5.80. The normalized spacial score (nSPS) is 17.4. The molecule has 0 aromatic heterocycles. The molecule has 0 atom stereocenters. The Morgan fingerprint density at radius 1 is 1.21 bits per heavy atom. The summed E-state index contributed by atoms with van der Waals surface area (Å²) in [5.41, 5.74) is 7.79. The number of nitrogens with two attached hydrogens (primary N) is 1. The van der Waals surface area contributed by atoms with Crippen LogP contribution in [0.15, 0.2) is 18.2 Å². The number of ether oxygens (including phenoxy) is 1. The molecule has 0 radical (unpaired) electrons. The molecule has 0 unspecified atom stereocenters. The molecule has 106 valence electrons. The highest BCUT2D eigenvalue weighted by atomic mass is 16.5. The van der Waals surface area contributed by atoms with Gasteiger partial charge in [0.2, 0.25) is 0 Å². The Balaban J connectivity index is 2.03. The number of anilines is 1. The van der Waals surface area contributed by atoms with E-state index in [9.17, 15) is 0 Å². The molecule has 1 aliphatic rings. The van der Waals surface area contributed by atoms with Crippen LogP contribution in [-0.4, -0.2) is 25.1 Å². The van der Waals surface area contributed by atoms with Gasteiger partial charge in [-0.15, -0.1) is 0 Å². The molecule has 2 N–H and O–H groups in total. The van der Waals surface area contributed by atoms with Crippen LogP contribution in [0.5, 0.6) is 5.75 Å². The van der Waals surface area contributed by atoms with Gasteiger partial charge < -0.3 is 10.5 Å². The van der Waals surface area contributed by atoms with Crippen LogP contribution in [-0.2, 0) is 6.54 Å². The maximum atomic E-state index is 5.80. The Kier molecular flexibility index (Phi) is 5.08. The third-order valence-electron chi connectivity index (χ3n) is 4.18. The minimum absolute atomic E-state index is 0.713. The van der Waals surface area contributed by atoms with Gasteiger partial charge in [-0.1, -0.05) is 31.7 Å². The van der Waals surface area contributed by atoms with E-state index in [4.69, 9.17) is 10.5 Å². The first-order valence-corrected chi connectivity index (χ1v) is 7.33. The second-order valence-corrected chi connectivity index (χ2v) is 5.63. The number of benzene rings is 1. The highest BCUT2D eigenvalue weighted by molar-refractivity contribution is 5.48. The molecule has 1 aromatic carbocycles. The molecule has 0 heterocycles. The summed E-state index contributed by atoms with van der Waals surface area (Å²) in [4.78, 5) is 2.47. The average Bonchev–Trinajstić information content (AvgIpc) is 2.69. The van der Waals surface area contributed by atoms with Gasteiger partial charge in [0, 0.05) is 29.9 Å². The predicted molar refractivity (Wildman–Crippen MR) is 80.4 cm³/mol. The van der Waals surface area contributed by atoms with Crippen molar-refractivity contribution in [3.8, 4) is 5.75 Å². The van der Waals surface area contributed by atoms with Gasteiger partial charge in [0.15, 0.2) is 0 Å². The van der Waals surface area contributed by atoms with E-state index in [1.165, 1.54) is 44.1 Å². The molecule has 1 fully saturated rings. The first-order valence-electron chi connectivity index (χ1n) is 7.33. The molecule has 1 aromatic rings. The van der Waals surface area contributed by atoms with Crippen molar-refractivity contribution < 1.29 is 4.74 Å². The van der Waals surface area contributed by atoms with Crippen molar-refractivity contribution in [3.05, 3.63) is 23.8 Å². The van der Waals surface area contributed by atoms with Crippen LogP contribution in [0.1, 0.15) is 44.1 Å². The van der Waals surface area contributed by atoms with Crippen LogP contribution in [0.2, 0.25) is 0 Å². The number of nitrogens with zero attached hydrogens (tertiary/aromatic N) is 1. The van der Waals surface area contributed by atoms with Gasteiger partial charge in [0.1, 0.15) is 5.75 Å². The summed E-state index contributed by atoms with van der Waals surface area (Å²) in [5, 5.41) is 0. The summed E-state index contributed by atoms with van der Waals surface area (Å²) < 4.78 is 5.43. The van der Waals surface area contributed by atoms with Gasteiger partial charge in [-0.3, -0.25) is 4.90 Å². The van der Waals surface area contributed by atoms with Crippen molar-refractivity contribution in [2.75, 3.05) is 19.9 Å². The van der Waals surface area contributed by atoms with Gasteiger partial charge in [0.25, 0.3) is 0 Å². The zero-order chi connectivity index (χ0) is 13.7. The highest BCUT2D eigenvalue weighted by Gasteiger charge is 2.18. The smallest absolute Gasteiger partial charge is 0.125 e. The van der Waals surface area contributed by atoms with E-state index in [2.05, 4.69) is 18.0 Å². The van der Waals surface area contributed by atoms with Crippen LogP contribution in [0, 0.1) is 0 Å². The second kappa shape index (κ2) is 6.80. The molecule has 3 nitrogen and oxygen atoms in total. The van der Waals surface area contributed by atoms with Crippen molar-refractivity contribution in [1.29, 1.82) is 0 Å². The summed E-state index contributed by atoms with van der Waals surface area (Å²) in [5.74, 6) is 0.903. The van der Waals surface area contributed by atoms with Crippen LogP contribution in [0.25, 0.3) is 0 Å². The molecule has 0 bridgehead atoms. The molecule has 0 amide bonds. The Morgan fingerprint density at radius 3 is 2.53 bits per heavy atom. The third-order valence-corrected chi connectivity index (χ3v) is 4.18. The minimum Gasteiger partial charge on any atom is -0.496 e. The molecular weight excluding hydrogens is 236 g/mol. The van der Waals surface area contributed by atoms with E-state index in [0.29, 0.717) is 6.04 Å². The maximum Gasteiger partial charge on any atom is 0.125 e. The lowest BCUT2D eigenvalue weighted by atomic mass is 10.1. The number of hydrogen-bond acceptors (Lipinski definition) is 3. The van der Waals surface area contributed by atoms with E-state index in [1.807, 2.05) is 12.1 Å². The van der Waals surface area contributed by atoms with E-state index in [1.54, 1.807) is 7.11 Å². The van der Waals surface area contributed by atoms with Crippen LogP contribution >= 0.6 is 0 Å². The quantitative estimate of drug-likeness (QED) is 0.667. The molecule has 1 saturated carbocycles. The first-order chi connectivity index (χ1) is 9.20. The predicted octanol–water partition coefficient (Wildman–Crippen LogP) is 3.43. The van der Waals surface area contributed by atoms with Crippen molar-refractivity contribution in [1.82, 2.24) is 4.90 Å². The summed E-state index contributed by atoms with van der Waals surface area (Å²) >= 11 is 0. The van der Waals surface area contributed by atoms with Crippen molar-refractivity contribution in [3.63, 3.8) is 0 Å². The standard InChI is InChI=1S/C16H26N2O/c1-18(15-7-5-3-4-6-8-15)12-13-9-10-14(17)11-16(13)19-2/h9-11,15H,3-8,12,17H2,1-2H3. The first kappa shape index (κ1) is 14.2. The molecule has 0 saturated heterocycles. The SMILES string of the molecule is COc1cc(N)ccc1CN(C)C1CCCCCC1. The second-order valence-electron chi connectivity index (χ2n) is 5.63. The molecule has 0 aliphatic heterocycles. The van der Waals surface area contributed by atoms with Crippen molar-refractivity contribution in [2.45, 2.75) is 51.1 Å². The fourth-order valence-corrected chi connectivity index (χ4v) is 2.99. The van der Waals surface area contributed by atoms with E-state index >= 15 is 0 Å². The zero-order valence-corrected chi connectivity index (χ0v) is 12.2. The van der Waals surface area contributed by atoms with Crippen LogP contribution < -0.4 is 10.5 Å². The monoisotopic (exact) mass is 262 g/mol. The van der Waals surface area contributed by atoms with Crippen LogP contribution in [0.3, 0.4) is 0 Å². The zero-order valence-electron chi connectivity index (χ0n) is 12.2. The molecule has 3 heteroatoms. The Morgan fingerprint density at radius 2 is 1.89 bits per heavy atom. The number of methoxy groups -OCH3 is 1. The number of rotatable bonds is 4. The average molecular weight is 262 g/mol. The lowest BCUT2D eigenvalue weighted by molar-refractivity contribution is 0.210. The molecular formula is C16H26N2O. The highest BCUT2D eigenvalue weighted by Crippen LogP contribution is 2.26. The molecule has 0 spiro atoms. The summed E-state index contributed by atoms with van der Waals surface area (Å²) in [6.45, 7) is 0.939. The molecule has 19 heavy (non-hydrogen) atoms. The summed E-state index contributed by atoms with van der Waals surface area (Å²) in [6, 6.07) is 6.67. The fraction of sp³-hybridized carbons (Fsp3) is 0.625. The minimum atomic E-state index is 0.713. The molecule has 1 aliphatic carbocycles. The lowest BCUT2D eigenvalue weighted by Gasteiger charge is -2.27. The van der Waals surface area contributed by atoms with Gasteiger partial charge in [0.05, 0.1) is 7.11 Å². The van der Waals surface area contributed by atoms with Gasteiger partial charge >= 0.3 is 0 Å². The van der Waals surface area contributed by atoms with Gasteiger partial charge in [-0.25, -0.2) is 0 Å². The third kappa shape index (κ3) is 3.87. The summed E-state index contributed by atoms with van der Waals surface area (Å²) in [6.07, 6.45) is 8.19.